The van der Waals surface area contributed by atoms with Gasteiger partial charge in [-0.2, -0.15) is 16.6 Å². The summed E-state index contributed by atoms with van der Waals surface area (Å²) in [6.45, 7) is 0.372. The van der Waals surface area contributed by atoms with E-state index < -0.39 is 12.1 Å². The maximum atomic E-state index is 11.5. The molecule has 0 aliphatic rings. The molecule has 2 aromatic carbocycles. The van der Waals surface area contributed by atoms with E-state index in [-0.39, 0.29) is 11.3 Å². The summed E-state index contributed by atoms with van der Waals surface area (Å²) in [4.78, 5) is 11.5. The van der Waals surface area contributed by atoms with Crippen LogP contribution in [0.15, 0.2) is 65.4 Å². The van der Waals surface area contributed by atoms with Crippen molar-refractivity contribution in [1.29, 1.82) is 5.26 Å². The van der Waals surface area contributed by atoms with Crippen molar-refractivity contribution >= 4 is 17.3 Å². The maximum absolute atomic E-state index is 11.5. The highest BCUT2D eigenvalue weighted by Crippen LogP contribution is 2.29. The number of thiophene rings is 1. The third-order valence-electron chi connectivity index (χ3n) is 3.62. The van der Waals surface area contributed by atoms with E-state index in [1.165, 1.54) is 12.1 Å². The fourth-order valence-corrected chi connectivity index (χ4v) is 2.98. The van der Waals surface area contributed by atoms with Crippen LogP contribution in [-0.2, 0) is 11.4 Å². The number of benzene rings is 2. The Morgan fingerprint density at radius 2 is 2.00 bits per heavy atom. The summed E-state index contributed by atoms with van der Waals surface area (Å²) in [5, 5.41) is 24.7. The minimum Gasteiger partial charge on any atom is -0.546 e. The Balaban J connectivity index is 1.83. The van der Waals surface area contributed by atoms with Gasteiger partial charge < -0.3 is 19.4 Å². The predicted octanol–water partition coefficient (Wildman–Crippen LogP) is 3.07. The van der Waals surface area contributed by atoms with E-state index in [4.69, 9.17) is 9.47 Å². The van der Waals surface area contributed by atoms with E-state index >= 15 is 0 Å². The number of hydrogen-bond acceptors (Lipinski definition) is 6. The summed E-state index contributed by atoms with van der Waals surface area (Å²) in [6, 6.07) is 17.1. The molecule has 0 saturated heterocycles. The van der Waals surface area contributed by atoms with Crippen LogP contribution in [0.2, 0.25) is 0 Å². The Hall–Kier alpha value is -3.30. The van der Waals surface area contributed by atoms with Crippen molar-refractivity contribution in [3.63, 3.8) is 0 Å². The number of carboxylic acid groups (broad SMARTS) is 1. The quantitative estimate of drug-likeness (QED) is 0.643. The first-order valence-electron chi connectivity index (χ1n) is 7.78. The van der Waals surface area contributed by atoms with Gasteiger partial charge in [0, 0.05) is 6.07 Å². The van der Waals surface area contributed by atoms with Crippen molar-refractivity contribution in [2.75, 3.05) is 0 Å². The van der Waals surface area contributed by atoms with Gasteiger partial charge in [-0.1, -0.05) is 30.3 Å². The van der Waals surface area contributed by atoms with Crippen LogP contribution >= 0.6 is 11.3 Å². The maximum Gasteiger partial charge on any atom is 0.163 e. The molecule has 130 valence electrons. The second kappa shape index (κ2) is 8.19. The lowest BCUT2D eigenvalue weighted by atomic mass is 10.1. The number of hydrogen-bond donors (Lipinski definition) is 0. The summed E-state index contributed by atoms with van der Waals surface area (Å²) in [5.41, 5.74) is 1.68. The van der Waals surface area contributed by atoms with Crippen LogP contribution in [-0.4, -0.2) is 5.97 Å². The number of nitriles is 1. The van der Waals surface area contributed by atoms with E-state index in [1.807, 2.05) is 22.9 Å². The standard InChI is InChI=1S/C20H15NO4S/c21-11-16-6-7-17(24-12-14-8-9-26-13-14)10-18(16)25-19(20(22)23)15-4-2-1-3-5-15/h1-10,13,19H,12H2,(H,22,23)/p-1. The van der Waals surface area contributed by atoms with E-state index in [0.717, 1.165) is 5.56 Å². The van der Waals surface area contributed by atoms with E-state index in [1.54, 1.807) is 47.7 Å². The lowest BCUT2D eigenvalue weighted by Gasteiger charge is -2.21. The van der Waals surface area contributed by atoms with Crippen LogP contribution in [0.25, 0.3) is 0 Å². The van der Waals surface area contributed by atoms with Gasteiger partial charge in [0.2, 0.25) is 0 Å². The molecular formula is C20H14NO4S-. The third-order valence-corrected chi connectivity index (χ3v) is 4.35. The van der Waals surface area contributed by atoms with Gasteiger partial charge in [-0.3, -0.25) is 0 Å². The molecule has 5 nitrogen and oxygen atoms in total. The molecule has 3 aromatic rings. The summed E-state index contributed by atoms with van der Waals surface area (Å²) in [5.74, 6) is -0.770. The smallest absolute Gasteiger partial charge is 0.163 e. The van der Waals surface area contributed by atoms with Crippen molar-refractivity contribution in [3.05, 3.63) is 82.0 Å². The van der Waals surface area contributed by atoms with Gasteiger partial charge in [0.15, 0.2) is 6.10 Å². The average molecular weight is 364 g/mol. The van der Waals surface area contributed by atoms with Crippen LogP contribution in [0.3, 0.4) is 0 Å². The molecule has 0 spiro atoms. The lowest BCUT2D eigenvalue weighted by molar-refractivity contribution is -0.314. The van der Waals surface area contributed by atoms with Crippen molar-refractivity contribution in [2.45, 2.75) is 12.7 Å². The average Bonchev–Trinajstić information content (AvgIpc) is 3.18. The number of ether oxygens (including phenoxy) is 2. The van der Waals surface area contributed by atoms with Crippen molar-refractivity contribution in [3.8, 4) is 17.6 Å². The molecule has 0 amide bonds. The molecule has 1 aromatic heterocycles. The highest BCUT2D eigenvalue weighted by molar-refractivity contribution is 7.07. The Kier molecular flexibility index (Phi) is 5.52. The number of carboxylic acids is 1. The highest BCUT2D eigenvalue weighted by atomic mass is 32.1. The summed E-state index contributed by atoms with van der Waals surface area (Å²) >= 11 is 1.57. The first-order valence-corrected chi connectivity index (χ1v) is 8.72. The molecule has 1 atom stereocenters. The first-order chi connectivity index (χ1) is 12.7. The number of rotatable bonds is 7. The van der Waals surface area contributed by atoms with E-state index in [2.05, 4.69) is 0 Å². The number of carbonyl (C=O) groups excluding carboxylic acids is 1. The van der Waals surface area contributed by atoms with Gasteiger partial charge in [-0.05, 0) is 40.1 Å². The zero-order chi connectivity index (χ0) is 18.4. The van der Waals surface area contributed by atoms with Gasteiger partial charge in [0.25, 0.3) is 0 Å². The van der Waals surface area contributed by atoms with Crippen LogP contribution < -0.4 is 14.6 Å². The van der Waals surface area contributed by atoms with E-state index in [9.17, 15) is 15.2 Å². The molecule has 0 bridgehead atoms. The Labute approximate surface area is 154 Å². The normalized spacial score (nSPS) is 11.3. The minimum absolute atomic E-state index is 0.133. The summed E-state index contributed by atoms with van der Waals surface area (Å²) < 4.78 is 11.3. The van der Waals surface area contributed by atoms with Crippen molar-refractivity contribution in [1.82, 2.24) is 0 Å². The number of aliphatic carboxylic acids is 1. The van der Waals surface area contributed by atoms with Gasteiger partial charge in [0.05, 0.1) is 11.5 Å². The third kappa shape index (κ3) is 4.21. The molecule has 0 saturated carbocycles. The molecule has 0 aliphatic heterocycles. The highest BCUT2D eigenvalue weighted by Gasteiger charge is 2.17. The molecular weight excluding hydrogens is 350 g/mol. The van der Waals surface area contributed by atoms with Crippen LogP contribution in [0, 0.1) is 11.3 Å². The molecule has 0 aliphatic carbocycles. The molecule has 1 unspecified atom stereocenters. The topological polar surface area (TPSA) is 82.4 Å². The van der Waals surface area contributed by atoms with Crippen molar-refractivity contribution in [2.24, 2.45) is 0 Å². The lowest BCUT2D eigenvalue weighted by Crippen LogP contribution is -2.33. The van der Waals surface area contributed by atoms with Crippen LogP contribution in [0.1, 0.15) is 22.8 Å². The Morgan fingerprint density at radius 3 is 2.65 bits per heavy atom. The van der Waals surface area contributed by atoms with Gasteiger partial charge in [0.1, 0.15) is 24.2 Å². The molecule has 0 N–H and O–H groups in total. The molecule has 0 radical (unpaired) electrons. The largest absolute Gasteiger partial charge is 0.546 e. The summed E-state index contributed by atoms with van der Waals surface area (Å²) in [7, 11) is 0. The van der Waals surface area contributed by atoms with E-state index in [0.29, 0.717) is 17.9 Å². The van der Waals surface area contributed by atoms with Crippen molar-refractivity contribution < 1.29 is 19.4 Å². The SMILES string of the molecule is N#Cc1ccc(OCc2ccsc2)cc1OC(C(=O)[O-])c1ccccc1. The predicted molar refractivity (Wildman–Crippen MR) is 94.6 cm³/mol. The molecule has 1 heterocycles. The molecule has 6 heteroatoms. The first kappa shape index (κ1) is 17.5. The molecule has 3 rings (SSSR count). The molecule has 26 heavy (non-hydrogen) atoms. The molecule has 0 fully saturated rings. The van der Waals surface area contributed by atoms with Crippen LogP contribution in [0.5, 0.6) is 11.5 Å². The number of carbonyl (C=O) groups is 1. The fraction of sp³-hybridized carbons (Fsp3) is 0.100. The number of nitrogens with zero attached hydrogens (tertiary/aromatic N) is 1. The second-order valence-electron chi connectivity index (χ2n) is 5.42. The zero-order valence-electron chi connectivity index (χ0n) is 13.6. The van der Waals surface area contributed by atoms with Gasteiger partial charge in [-0.25, -0.2) is 0 Å². The Morgan fingerprint density at radius 1 is 1.19 bits per heavy atom. The van der Waals surface area contributed by atoms with Gasteiger partial charge in [-0.15, -0.1) is 0 Å². The monoisotopic (exact) mass is 364 g/mol. The Bertz CT molecular complexity index is 917. The minimum atomic E-state index is -1.38. The van der Waals surface area contributed by atoms with Crippen LogP contribution in [0.4, 0.5) is 0 Å². The summed E-state index contributed by atoms with van der Waals surface area (Å²) in [6.07, 6.45) is -1.32. The second-order valence-corrected chi connectivity index (χ2v) is 6.20. The fourth-order valence-electron chi connectivity index (χ4n) is 2.33. The van der Waals surface area contributed by atoms with Gasteiger partial charge >= 0.3 is 0 Å². The zero-order valence-corrected chi connectivity index (χ0v) is 14.4.